The quantitative estimate of drug-likeness (QED) is 0.832. The molecule has 0 aliphatic carbocycles. The van der Waals surface area contributed by atoms with Crippen molar-refractivity contribution in [3.63, 3.8) is 0 Å². The molecule has 0 bridgehead atoms. The van der Waals surface area contributed by atoms with Crippen molar-refractivity contribution in [3.05, 3.63) is 35.4 Å². The van der Waals surface area contributed by atoms with Crippen LogP contribution in [-0.2, 0) is 20.2 Å². The fourth-order valence-electron chi connectivity index (χ4n) is 1.35. The molecule has 0 atom stereocenters. The lowest BCUT2D eigenvalue weighted by Crippen LogP contribution is -2.01. The summed E-state index contributed by atoms with van der Waals surface area (Å²) in [6.45, 7) is 0.402. The van der Waals surface area contributed by atoms with Gasteiger partial charge in [-0.1, -0.05) is 0 Å². The maximum atomic E-state index is 13.2. The van der Waals surface area contributed by atoms with E-state index >= 15 is 0 Å². The fourth-order valence-corrected chi connectivity index (χ4v) is 1.35. The van der Waals surface area contributed by atoms with Gasteiger partial charge in [-0.3, -0.25) is 0 Å². The molecule has 2 rings (SSSR count). The Morgan fingerprint density at radius 3 is 2.88 bits per heavy atom. The zero-order valence-electron chi connectivity index (χ0n) is 9.30. The highest BCUT2D eigenvalue weighted by molar-refractivity contribution is 5.29. The van der Waals surface area contributed by atoms with Gasteiger partial charge in [0.1, 0.15) is 11.6 Å². The lowest BCUT2D eigenvalue weighted by Gasteiger charge is -2.05. The Bertz CT molecular complexity index is 513. The van der Waals surface area contributed by atoms with Gasteiger partial charge in [0.2, 0.25) is 5.82 Å². The zero-order valence-corrected chi connectivity index (χ0v) is 9.30. The maximum Gasteiger partial charge on any atom is 0.212 e. The van der Waals surface area contributed by atoms with Crippen LogP contribution in [0.1, 0.15) is 11.4 Å². The largest absolute Gasteiger partial charge is 0.485 e. The monoisotopic (exact) mass is 237 g/mol. The van der Waals surface area contributed by atoms with E-state index in [2.05, 4.69) is 15.4 Å². The molecule has 7 heteroatoms. The van der Waals surface area contributed by atoms with Gasteiger partial charge in [0.05, 0.1) is 7.05 Å². The predicted octanol–water partition coefficient (Wildman–Crippen LogP) is 0.387. The molecule has 90 valence electrons. The summed E-state index contributed by atoms with van der Waals surface area (Å²) < 4.78 is 18.5. The number of aryl methyl sites for hydroxylation is 1. The number of tetrazole rings is 1. The number of nitrogens with zero attached hydrogens (tertiary/aromatic N) is 4. The van der Waals surface area contributed by atoms with Crippen LogP contribution in [-0.4, -0.2) is 20.2 Å². The van der Waals surface area contributed by atoms with Gasteiger partial charge >= 0.3 is 0 Å². The van der Waals surface area contributed by atoms with Crippen molar-refractivity contribution in [2.24, 2.45) is 12.8 Å². The summed E-state index contributed by atoms with van der Waals surface area (Å²) in [7, 11) is 1.66. The van der Waals surface area contributed by atoms with Gasteiger partial charge in [-0.05, 0) is 22.9 Å². The third-order valence-corrected chi connectivity index (χ3v) is 2.08. The molecule has 6 nitrogen and oxygen atoms in total. The third kappa shape index (κ3) is 2.97. The van der Waals surface area contributed by atoms with Crippen molar-refractivity contribution in [3.8, 4) is 5.75 Å². The van der Waals surface area contributed by atoms with E-state index < -0.39 is 0 Å². The lowest BCUT2D eigenvalue weighted by molar-refractivity contribution is 0.293. The van der Waals surface area contributed by atoms with E-state index in [1.807, 2.05) is 0 Å². The van der Waals surface area contributed by atoms with E-state index in [1.54, 1.807) is 13.1 Å². The summed E-state index contributed by atoms with van der Waals surface area (Å²) >= 11 is 0. The third-order valence-electron chi connectivity index (χ3n) is 2.08. The summed E-state index contributed by atoms with van der Waals surface area (Å²) in [5.74, 6) is 0.457. The molecular weight excluding hydrogens is 225 g/mol. The molecule has 0 saturated carbocycles. The van der Waals surface area contributed by atoms with Crippen molar-refractivity contribution in [2.45, 2.75) is 13.2 Å². The molecule has 0 fully saturated rings. The molecule has 1 aromatic carbocycles. The summed E-state index contributed by atoms with van der Waals surface area (Å²) in [6.07, 6.45) is 0. The van der Waals surface area contributed by atoms with Crippen LogP contribution in [0, 0.1) is 5.82 Å². The van der Waals surface area contributed by atoms with E-state index in [0.29, 0.717) is 17.1 Å². The minimum absolute atomic E-state index is 0.140. The Labute approximate surface area is 97.2 Å². The van der Waals surface area contributed by atoms with E-state index in [1.165, 1.54) is 16.9 Å². The molecule has 0 aliphatic rings. The van der Waals surface area contributed by atoms with Crippen LogP contribution >= 0.6 is 0 Å². The minimum Gasteiger partial charge on any atom is -0.485 e. The highest BCUT2D eigenvalue weighted by atomic mass is 19.1. The maximum absolute atomic E-state index is 13.2. The Morgan fingerprint density at radius 1 is 1.41 bits per heavy atom. The summed E-state index contributed by atoms with van der Waals surface area (Å²) in [6, 6.07) is 4.34. The summed E-state index contributed by atoms with van der Waals surface area (Å²) in [5, 5.41) is 11.4. The molecule has 0 spiro atoms. The first-order valence-electron chi connectivity index (χ1n) is 5.02. The molecule has 2 aromatic rings. The molecule has 0 amide bonds. The van der Waals surface area contributed by atoms with Crippen LogP contribution in [0.3, 0.4) is 0 Å². The second-order valence-electron chi connectivity index (χ2n) is 3.48. The van der Waals surface area contributed by atoms with E-state index in [4.69, 9.17) is 10.5 Å². The average molecular weight is 237 g/mol. The van der Waals surface area contributed by atoms with Crippen LogP contribution in [0.2, 0.25) is 0 Å². The summed E-state index contributed by atoms with van der Waals surface area (Å²) in [4.78, 5) is 1.33. The van der Waals surface area contributed by atoms with Crippen molar-refractivity contribution in [1.82, 2.24) is 20.2 Å². The van der Waals surface area contributed by atoms with Gasteiger partial charge in [0.25, 0.3) is 0 Å². The number of ether oxygens (including phenoxy) is 1. The highest BCUT2D eigenvalue weighted by Gasteiger charge is 2.04. The molecule has 0 unspecified atom stereocenters. The Balaban J connectivity index is 2.05. The Kier molecular flexibility index (Phi) is 3.29. The van der Waals surface area contributed by atoms with Crippen LogP contribution < -0.4 is 10.5 Å². The number of nitrogens with two attached hydrogens (primary N) is 1. The van der Waals surface area contributed by atoms with Crippen molar-refractivity contribution in [2.75, 3.05) is 0 Å². The Morgan fingerprint density at radius 2 is 2.24 bits per heavy atom. The second-order valence-corrected chi connectivity index (χ2v) is 3.48. The number of halogens is 1. The molecule has 1 heterocycles. The van der Waals surface area contributed by atoms with Crippen molar-refractivity contribution >= 4 is 0 Å². The number of hydrogen-bond acceptors (Lipinski definition) is 5. The number of hydrogen-bond donors (Lipinski definition) is 1. The van der Waals surface area contributed by atoms with Gasteiger partial charge in [0.15, 0.2) is 6.61 Å². The number of rotatable bonds is 4. The average Bonchev–Trinajstić information content (AvgIpc) is 2.72. The predicted molar refractivity (Wildman–Crippen MR) is 57.4 cm³/mol. The van der Waals surface area contributed by atoms with Gasteiger partial charge in [-0.15, -0.1) is 10.2 Å². The molecule has 0 aliphatic heterocycles. The standard InChI is InChI=1S/C10H12FN5O/c1-16-14-10(13-15-16)6-17-9-3-7(5-12)2-8(11)4-9/h2-4H,5-6,12H2,1H3. The van der Waals surface area contributed by atoms with Gasteiger partial charge < -0.3 is 10.5 Å². The SMILES string of the molecule is Cn1nnc(COc2cc(F)cc(CN)c2)n1. The number of benzene rings is 1. The van der Waals surface area contributed by atoms with Crippen molar-refractivity contribution in [1.29, 1.82) is 0 Å². The minimum atomic E-state index is -0.380. The normalized spacial score (nSPS) is 10.5. The van der Waals surface area contributed by atoms with Crippen LogP contribution in [0.15, 0.2) is 18.2 Å². The smallest absolute Gasteiger partial charge is 0.212 e. The second kappa shape index (κ2) is 4.88. The first kappa shape index (κ1) is 11.5. The van der Waals surface area contributed by atoms with Gasteiger partial charge in [-0.25, -0.2) is 4.39 Å². The number of aromatic nitrogens is 4. The fraction of sp³-hybridized carbons (Fsp3) is 0.300. The van der Waals surface area contributed by atoms with E-state index in [-0.39, 0.29) is 19.0 Å². The van der Waals surface area contributed by atoms with Crippen LogP contribution in [0.5, 0.6) is 5.75 Å². The van der Waals surface area contributed by atoms with Gasteiger partial charge in [-0.2, -0.15) is 4.80 Å². The summed E-state index contributed by atoms with van der Waals surface area (Å²) in [5.41, 5.74) is 6.11. The van der Waals surface area contributed by atoms with Crippen LogP contribution in [0.4, 0.5) is 4.39 Å². The molecule has 2 N–H and O–H groups in total. The first-order valence-corrected chi connectivity index (χ1v) is 5.02. The van der Waals surface area contributed by atoms with Crippen LogP contribution in [0.25, 0.3) is 0 Å². The molecule has 17 heavy (non-hydrogen) atoms. The lowest BCUT2D eigenvalue weighted by atomic mass is 10.2. The molecule has 1 aromatic heterocycles. The van der Waals surface area contributed by atoms with E-state index in [0.717, 1.165) is 0 Å². The molecular formula is C10H12FN5O. The van der Waals surface area contributed by atoms with Gasteiger partial charge in [0, 0.05) is 12.6 Å². The molecule has 0 saturated heterocycles. The zero-order chi connectivity index (χ0) is 12.3. The van der Waals surface area contributed by atoms with E-state index in [9.17, 15) is 4.39 Å². The Hall–Kier alpha value is -2.02. The molecule has 0 radical (unpaired) electrons. The topological polar surface area (TPSA) is 78.8 Å². The first-order chi connectivity index (χ1) is 8.17. The highest BCUT2D eigenvalue weighted by Crippen LogP contribution is 2.16. The van der Waals surface area contributed by atoms with Crippen molar-refractivity contribution < 1.29 is 9.13 Å².